The summed E-state index contributed by atoms with van der Waals surface area (Å²) in [5.74, 6) is 0. The van der Waals surface area contributed by atoms with E-state index in [1.807, 2.05) is 0 Å². The van der Waals surface area contributed by atoms with Gasteiger partial charge >= 0.3 is 12.2 Å². The van der Waals surface area contributed by atoms with Crippen LogP contribution in [-0.2, 0) is 0 Å². The summed E-state index contributed by atoms with van der Waals surface area (Å²) >= 11 is 3.69. The highest BCUT2D eigenvalue weighted by Crippen LogP contribution is 2.12. The second-order valence-corrected chi connectivity index (χ2v) is 2.88. The van der Waals surface area contributed by atoms with Crippen LogP contribution in [0, 0.1) is 0 Å². The number of carbonyl (C=O) groups excluding carboxylic acids is 1. The minimum atomic E-state index is -4.38. The van der Waals surface area contributed by atoms with Crippen molar-refractivity contribution in [3.05, 3.63) is 0 Å². The predicted molar refractivity (Wildman–Crippen MR) is 45.4 cm³/mol. The Balaban J connectivity index is 3.74. The van der Waals surface area contributed by atoms with Gasteiger partial charge in [-0.05, 0) is 6.42 Å². The summed E-state index contributed by atoms with van der Waals surface area (Å²) in [5, 5.41) is 1.69. The first-order chi connectivity index (χ1) is 5.87. The number of hydrogen-bond donors (Lipinski definition) is 2. The van der Waals surface area contributed by atoms with E-state index >= 15 is 0 Å². The summed E-state index contributed by atoms with van der Waals surface area (Å²) in [6, 6.07) is -0.831. The van der Waals surface area contributed by atoms with Crippen molar-refractivity contribution in [2.45, 2.75) is 19.5 Å². The molecule has 0 fully saturated rings. The first-order valence-electron chi connectivity index (χ1n) is 3.68. The number of rotatable bonds is 3. The van der Waals surface area contributed by atoms with Crippen molar-refractivity contribution in [1.82, 2.24) is 9.62 Å². The molecule has 0 aliphatic carbocycles. The van der Waals surface area contributed by atoms with E-state index in [2.05, 4.69) is 12.8 Å². The van der Waals surface area contributed by atoms with Crippen molar-refractivity contribution in [3.63, 3.8) is 0 Å². The van der Waals surface area contributed by atoms with Gasteiger partial charge in [-0.2, -0.15) is 13.2 Å². The number of amides is 2. The number of nitrogens with zero attached hydrogens (tertiary/aromatic N) is 1. The largest absolute Gasteiger partial charge is 0.405 e. The number of alkyl halides is 3. The Kier molecular flexibility index (Phi) is 4.97. The molecule has 0 radical (unpaired) electrons. The molecule has 13 heavy (non-hydrogen) atoms. The Morgan fingerprint density at radius 2 is 2.08 bits per heavy atom. The van der Waals surface area contributed by atoms with Crippen molar-refractivity contribution in [2.75, 3.05) is 13.1 Å². The molecule has 0 unspecified atom stereocenters. The Labute approximate surface area is 79.8 Å². The van der Waals surface area contributed by atoms with E-state index in [0.29, 0.717) is 13.0 Å². The second kappa shape index (κ2) is 5.21. The third-order valence-electron chi connectivity index (χ3n) is 1.11. The molecule has 7 heteroatoms. The molecule has 0 bridgehead atoms. The molecule has 0 aromatic carbocycles. The molecule has 1 N–H and O–H groups in total. The van der Waals surface area contributed by atoms with E-state index in [9.17, 15) is 18.0 Å². The lowest BCUT2D eigenvalue weighted by molar-refractivity contribution is -0.122. The summed E-state index contributed by atoms with van der Waals surface area (Å²) in [6.07, 6.45) is -3.74. The van der Waals surface area contributed by atoms with Gasteiger partial charge in [0, 0.05) is 6.54 Å². The number of hydrogen-bond acceptors (Lipinski definition) is 2. The summed E-state index contributed by atoms with van der Waals surface area (Å²) in [4.78, 5) is 10.8. The van der Waals surface area contributed by atoms with E-state index in [-0.39, 0.29) is 0 Å². The van der Waals surface area contributed by atoms with Crippen LogP contribution in [0.4, 0.5) is 18.0 Å². The maximum absolute atomic E-state index is 11.6. The van der Waals surface area contributed by atoms with Crippen LogP contribution in [0.1, 0.15) is 13.3 Å². The standard InChI is InChI=1S/C6H11F3N2OS/c1-2-3-11(13)5(12)10-4-6(7,8)9/h13H,2-4H2,1H3,(H,10,12). The summed E-state index contributed by atoms with van der Waals surface area (Å²) in [5.41, 5.74) is 0. The minimum absolute atomic E-state index is 0.312. The molecule has 3 nitrogen and oxygen atoms in total. The monoisotopic (exact) mass is 216 g/mol. The van der Waals surface area contributed by atoms with Gasteiger partial charge in [0.1, 0.15) is 6.54 Å². The molecule has 0 aromatic rings. The Morgan fingerprint density at radius 3 is 2.46 bits per heavy atom. The third kappa shape index (κ3) is 6.56. The Hall–Kier alpha value is -0.590. The molecule has 0 aliphatic heterocycles. The molecule has 0 saturated heterocycles. The molecule has 0 aliphatic rings. The molecular formula is C6H11F3N2OS. The lowest BCUT2D eigenvalue weighted by Gasteiger charge is -2.16. The van der Waals surface area contributed by atoms with Gasteiger partial charge in [-0.1, -0.05) is 19.7 Å². The smallest absolute Gasteiger partial charge is 0.328 e. The first-order valence-corrected chi connectivity index (χ1v) is 4.08. The number of carbonyl (C=O) groups is 1. The van der Waals surface area contributed by atoms with Crippen molar-refractivity contribution >= 4 is 18.8 Å². The van der Waals surface area contributed by atoms with E-state index in [4.69, 9.17) is 0 Å². The number of thiol groups is 1. The summed E-state index contributed by atoms with van der Waals surface area (Å²) in [7, 11) is 0. The van der Waals surface area contributed by atoms with Crippen LogP contribution < -0.4 is 5.32 Å². The van der Waals surface area contributed by atoms with Gasteiger partial charge in [-0.25, -0.2) is 4.79 Å². The molecule has 78 valence electrons. The molecule has 0 spiro atoms. The zero-order chi connectivity index (χ0) is 10.5. The van der Waals surface area contributed by atoms with Gasteiger partial charge in [0.15, 0.2) is 0 Å². The van der Waals surface area contributed by atoms with Gasteiger partial charge in [0.2, 0.25) is 0 Å². The summed E-state index contributed by atoms with van der Waals surface area (Å²) in [6.45, 7) is 0.777. The quantitative estimate of drug-likeness (QED) is 0.693. The van der Waals surface area contributed by atoms with Gasteiger partial charge in [-0.15, -0.1) is 0 Å². The third-order valence-corrected chi connectivity index (χ3v) is 1.49. The number of urea groups is 1. The minimum Gasteiger partial charge on any atom is -0.328 e. The van der Waals surface area contributed by atoms with Crippen LogP contribution in [0.5, 0.6) is 0 Å². The number of nitrogens with one attached hydrogen (secondary N) is 1. The lowest BCUT2D eigenvalue weighted by atomic mass is 10.5. The Morgan fingerprint density at radius 1 is 1.54 bits per heavy atom. The van der Waals surface area contributed by atoms with Crippen LogP contribution in [0.2, 0.25) is 0 Å². The SMILES string of the molecule is CCCN(S)C(=O)NCC(F)(F)F. The lowest BCUT2D eigenvalue weighted by Crippen LogP contribution is -2.39. The average Bonchev–Trinajstić information content (AvgIpc) is 1.99. The van der Waals surface area contributed by atoms with E-state index in [0.717, 1.165) is 4.31 Å². The topological polar surface area (TPSA) is 32.3 Å². The molecule has 0 rings (SSSR count). The highest BCUT2D eigenvalue weighted by molar-refractivity contribution is 7.78. The van der Waals surface area contributed by atoms with Gasteiger partial charge in [-0.3, -0.25) is 4.31 Å². The fourth-order valence-electron chi connectivity index (χ4n) is 0.580. The normalized spacial score (nSPS) is 11.2. The Bertz CT molecular complexity index is 174. The van der Waals surface area contributed by atoms with Crippen LogP contribution in [0.3, 0.4) is 0 Å². The fraction of sp³-hybridized carbons (Fsp3) is 0.833. The van der Waals surface area contributed by atoms with Crippen molar-refractivity contribution < 1.29 is 18.0 Å². The maximum Gasteiger partial charge on any atom is 0.405 e. The van der Waals surface area contributed by atoms with Crippen LogP contribution in [0.25, 0.3) is 0 Å². The highest BCUT2D eigenvalue weighted by atomic mass is 32.1. The molecule has 0 atom stereocenters. The van der Waals surface area contributed by atoms with Crippen molar-refractivity contribution in [2.24, 2.45) is 0 Å². The molecule has 0 heterocycles. The zero-order valence-corrected chi connectivity index (χ0v) is 7.95. The van der Waals surface area contributed by atoms with E-state index in [1.165, 1.54) is 0 Å². The molecular weight excluding hydrogens is 205 g/mol. The van der Waals surface area contributed by atoms with Crippen molar-refractivity contribution in [3.8, 4) is 0 Å². The van der Waals surface area contributed by atoms with Gasteiger partial charge < -0.3 is 5.32 Å². The summed E-state index contributed by atoms with van der Waals surface area (Å²) < 4.78 is 35.7. The van der Waals surface area contributed by atoms with Crippen LogP contribution in [0.15, 0.2) is 0 Å². The van der Waals surface area contributed by atoms with E-state index in [1.54, 1.807) is 12.2 Å². The molecule has 0 aromatic heterocycles. The maximum atomic E-state index is 11.6. The van der Waals surface area contributed by atoms with Gasteiger partial charge in [0.05, 0.1) is 0 Å². The highest BCUT2D eigenvalue weighted by Gasteiger charge is 2.28. The zero-order valence-electron chi connectivity index (χ0n) is 7.06. The molecule has 2 amide bonds. The predicted octanol–water partition coefficient (Wildman–Crippen LogP) is 1.82. The second-order valence-electron chi connectivity index (χ2n) is 2.40. The van der Waals surface area contributed by atoms with Crippen LogP contribution >= 0.6 is 12.8 Å². The average molecular weight is 216 g/mol. The van der Waals surface area contributed by atoms with Gasteiger partial charge in [0.25, 0.3) is 0 Å². The molecule has 0 saturated carbocycles. The van der Waals surface area contributed by atoms with Crippen LogP contribution in [-0.4, -0.2) is 29.6 Å². The number of halogens is 3. The first kappa shape index (κ1) is 12.4. The fourth-order valence-corrected chi connectivity index (χ4v) is 0.851. The van der Waals surface area contributed by atoms with E-state index < -0.39 is 18.8 Å². The van der Waals surface area contributed by atoms with Crippen molar-refractivity contribution in [1.29, 1.82) is 0 Å².